The van der Waals surface area contributed by atoms with E-state index in [0.717, 1.165) is 16.7 Å². The second kappa shape index (κ2) is 5.64. The van der Waals surface area contributed by atoms with Gasteiger partial charge in [0.1, 0.15) is 11.9 Å². The Morgan fingerprint density at radius 2 is 2.09 bits per heavy atom. The Morgan fingerprint density at radius 1 is 1.27 bits per heavy atom. The van der Waals surface area contributed by atoms with Crippen LogP contribution >= 0.6 is 11.8 Å². The highest BCUT2D eigenvalue weighted by Gasteiger charge is 2.31. The summed E-state index contributed by atoms with van der Waals surface area (Å²) in [5.74, 6) is 2.23. The van der Waals surface area contributed by atoms with Crippen LogP contribution in [0.5, 0.6) is 0 Å². The first-order valence-corrected chi connectivity index (χ1v) is 8.38. The van der Waals surface area contributed by atoms with Gasteiger partial charge in [-0.05, 0) is 25.0 Å². The molecule has 2 aromatic rings. The molecule has 2 heterocycles. The van der Waals surface area contributed by atoms with Gasteiger partial charge in [0, 0.05) is 17.4 Å². The minimum Gasteiger partial charge on any atom is -0.443 e. The second-order valence-corrected chi connectivity index (χ2v) is 6.49. The van der Waals surface area contributed by atoms with Crippen LogP contribution in [0.15, 0.2) is 35.5 Å². The lowest BCUT2D eigenvalue weighted by molar-refractivity contribution is 0.150. The Morgan fingerprint density at radius 3 is 2.77 bits per heavy atom. The molecule has 1 aliphatic heterocycles. The van der Waals surface area contributed by atoms with Crippen LogP contribution in [0, 0.1) is 0 Å². The van der Waals surface area contributed by atoms with Crippen molar-refractivity contribution in [2.24, 2.45) is 0 Å². The van der Waals surface area contributed by atoms with Crippen molar-refractivity contribution in [2.75, 3.05) is 12.3 Å². The first-order valence-electron chi connectivity index (χ1n) is 7.39. The molecule has 6 nitrogen and oxygen atoms in total. The molecule has 1 saturated carbocycles. The molecule has 0 radical (unpaired) electrons. The third kappa shape index (κ3) is 2.68. The summed E-state index contributed by atoms with van der Waals surface area (Å²) >= 11 is 1.58. The quantitative estimate of drug-likeness (QED) is 0.858. The van der Waals surface area contributed by atoms with Crippen molar-refractivity contribution in [3.8, 4) is 5.69 Å². The molecule has 1 atom stereocenters. The molecular formula is C15H16N4O2S. The molecule has 0 unspecified atom stereocenters. The number of carbonyl (C=O) groups excluding carboxylic acids is 1. The number of ether oxygens (including phenoxy) is 1. The smallest absolute Gasteiger partial charge is 0.407 e. The van der Waals surface area contributed by atoms with Crippen molar-refractivity contribution in [2.45, 2.75) is 30.0 Å². The maximum Gasteiger partial charge on any atom is 0.407 e. The molecule has 1 N–H and O–H groups in total. The van der Waals surface area contributed by atoms with Gasteiger partial charge in [-0.2, -0.15) is 0 Å². The largest absolute Gasteiger partial charge is 0.443 e. The van der Waals surface area contributed by atoms with Crippen LogP contribution < -0.4 is 5.32 Å². The SMILES string of the molecule is O=C1NC[C@@H](CSc2nnc(C3CC3)n2-c2ccccc2)O1. The zero-order valence-electron chi connectivity index (χ0n) is 11.9. The summed E-state index contributed by atoms with van der Waals surface area (Å²) in [6.45, 7) is 0.556. The fraction of sp³-hybridized carbons (Fsp3) is 0.400. The lowest BCUT2D eigenvalue weighted by Crippen LogP contribution is -2.17. The standard InChI is InChI=1S/C15H16N4O2S/c20-15-16-8-12(21-15)9-22-14-18-17-13(10-6-7-10)19(14)11-4-2-1-3-5-11/h1-5,10,12H,6-9H2,(H,16,20)/t12-/m0/s1. The number of carbonyl (C=O) groups is 1. The summed E-state index contributed by atoms with van der Waals surface area (Å²) < 4.78 is 7.30. The number of cyclic esters (lactones) is 1. The molecule has 1 saturated heterocycles. The van der Waals surface area contributed by atoms with E-state index in [2.05, 4.69) is 32.2 Å². The first kappa shape index (κ1) is 13.6. The number of alkyl carbamates (subject to hydrolysis) is 1. The second-order valence-electron chi connectivity index (χ2n) is 5.51. The number of thioether (sulfide) groups is 1. The van der Waals surface area contributed by atoms with Gasteiger partial charge >= 0.3 is 6.09 Å². The molecule has 2 fully saturated rings. The number of benzene rings is 1. The third-order valence-corrected chi connectivity index (χ3v) is 4.82. The van der Waals surface area contributed by atoms with E-state index in [1.54, 1.807) is 11.8 Å². The highest BCUT2D eigenvalue weighted by atomic mass is 32.2. The van der Waals surface area contributed by atoms with Crippen LogP contribution in [0.25, 0.3) is 5.69 Å². The van der Waals surface area contributed by atoms with E-state index in [1.165, 1.54) is 12.8 Å². The zero-order valence-corrected chi connectivity index (χ0v) is 12.8. The van der Waals surface area contributed by atoms with E-state index in [-0.39, 0.29) is 12.2 Å². The van der Waals surface area contributed by atoms with Crippen LogP contribution in [0.2, 0.25) is 0 Å². The molecule has 4 rings (SSSR count). The highest BCUT2D eigenvalue weighted by molar-refractivity contribution is 7.99. The van der Waals surface area contributed by atoms with Crippen molar-refractivity contribution in [3.05, 3.63) is 36.2 Å². The van der Waals surface area contributed by atoms with Gasteiger partial charge in [0.25, 0.3) is 0 Å². The van der Waals surface area contributed by atoms with Gasteiger partial charge in [-0.25, -0.2) is 4.79 Å². The van der Waals surface area contributed by atoms with Gasteiger partial charge in [0.15, 0.2) is 5.16 Å². The Bertz CT molecular complexity index is 684. The molecule has 22 heavy (non-hydrogen) atoms. The molecule has 2 aliphatic rings. The van der Waals surface area contributed by atoms with E-state index in [4.69, 9.17) is 4.74 Å². The summed E-state index contributed by atoms with van der Waals surface area (Å²) in [5, 5.41) is 12.3. The summed E-state index contributed by atoms with van der Waals surface area (Å²) in [7, 11) is 0. The Kier molecular flexibility index (Phi) is 3.49. The van der Waals surface area contributed by atoms with Crippen molar-refractivity contribution < 1.29 is 9.53 Å². The number of aromatic nitrogens is 3. The lowest BCUT2D eigenvalue weighted by atomic mass is 10.3. The zero-order chi connectivity index (χ0) is 14.9. The molecule has 1 aromatic heterocycles. The number of amides is 1. The number of hydrogen-bond acceptors (Lipinski definition) is 5. The van der Waals surface area contributed by atoms with Crippen LogP contribution in [-0.2, 0) is 4.74 Å². The molecule has 114 valence electrons. The molecule has 0 spiro atoms. The van der Waals surface area contributed by atoms with Crippen molar-refractivity contribution >= 4 is 17.9 Å². The van der Waals surface area contributed by atoms with E-state index in [9.17, 15) is 4.79 Å². The molecule has 0 bridgehead atoms. The van der Waals surface area contributed by atoms with Gasteiger partial charge in [0.05, 0.1) is 6.54 Å². The van der Waals surface area contributed by atoms with Crippen LogP contribution in [0.4, 0.5) is 4.79 Å². The predicted molar refractivity (Wildman–Crippen MR) is 82.3 cm³/mol. The number of nitrogens with one attached hydrogen (secondary N) is 1. The number of para-hydroxylation sites is 1. The topological polar surface area (TPSA) is 69.0 Å². The maximum atomic E-state index is 11.1. The summed E-state index contributed by atoms with van der Waals surface area (Å²) in [6, 6.07) is 10.2. The average Bonchev–Trinajstić information content (AvgIpc) is 3.17. The fourth-order valence-electron chi connectivity index (χ4n) is 2.49. The Labute approximate surface area is 132 Å². The summed E-state index contributed by atoms with van der Waals surface area (Å²) in [6.07, 6.45) is 1.91. The number of rotatable bonds is 5. The van der Waals surface area contributed by atoms with Gasteiger partial charge in [-0.1, -0.05) is 30.0 Å². The minimum absolute atomic E-state index is 0.109. The van der Waals surface area contributed by atoms with E-state index < -0.39 is 0 Å². The van der Waals surface area contributed by atoms with Crippen molar-refractivity contribution in [3.63, 3.8) is 0 Å². The maximum absolute atomic E-state index is 11.1. The molecule has 1 amide bonds. The molecule has 7 heteroatoms. The fourth-order valence-corrected chi connectivity index (χ4v) is 3.44. The lowest BCUT2D eigenvalue weighted by Gasteiger charge is -2.11. The van der Waals surface area contributed by atoms with E-state index in [0.29, 0.717) is 18.2 Å². The highest BCUT2D eigenvalue weighted by Crippen LogP contribution is 2.41. The normalized spacial score (nSPS) is 20.7. The van der Waals surface area contributed by atoms with Gasteiger partial charge in [-0.15, -0.1) is 10.2 Å². The molecule has 1 aliphatic carbocycles. The van der Waals surface area contributed by atoms with Gasteiger partial charge in [0.2, 0.25) is 0 Å². The Balaban J connectivity index is 1.58. The van der Waals surface area contributed by atoms with Crippen molar-refractivity contribution in [1.82, 2.24) is 20.1 Å². The number of hydrogen-bond donors (Lipinski definition) is 1. The van der Waals surface area contributed by atoms with Crippen molar-refractivity contribution in [1.29, 1.82) is 0 Å². The van der Waals surface area contributed by atoms with Gasteiger partial charge < -0.3 is 10.1 Å². The van der Waals surface area contributed by atoms with E-state index >= 15 is 0 Å². The Hall–Kier alpha value is -2.02. The first-order chi connectivity index (χ1) is 10.8. The van der Waals surface area contributed by atoms with Gasteiger partial charge in [-0.3, -0.25) is 4.57 Å². The van der Waals surface area contributed by atoms with E-state index in [1.807, 2.05) is 18.2 Å². The monoisotopic (exact) mass is 316 g/mol. The van der Waals surface area contributed by atoms with Crippen LogP contribution in [0.3, 0.4) is 0 Å². The third-order valence-electron chi connectivity index (χ3n) is 3.76. The number of nitrogens with zero attached hydrogens (tertiary/aromatic N) is 3. The van der Waals surface area contributed by atoms with Crippen LogP contribution in [0.1, 0.15) is 24.6 Å². The summed E-state index contributed by atoms with van der Waals surface area (Å²) in [4.78, 5) is 11.1. The average molecular weight is 316 g/mol. The summed E-state index contributed by atoms with van der Waals surface area (Å²) in [5.41, 5.74) is 1.08. The minimum atomic E-state index is -0.339. The predicted octanol–water partition coefficient (Wildman–Crippen LogP) is 2.35. The van der Waals surface area contributed by atoms with Crippen LogP contribution in [-0.4, -0.2) is 39.3 Å². The molecular weight excluding hydrogens is 300 g/mol. The molecule has 1 aromatic carbocycles.